The van der Waals surface area contributed by atoms with Crippen molar-refractivity contribution in [3.05, 3.63) is 64.4 Å². The molecule has 2 aromatic rings. The first-order valence-corrected chi connectivity index (χ1v) is 6.74. The number of aliphatic hydroxyl groups excluding tert-OH is 1. The number of aryl methyl sites for hydroxylation is 1. The van der Waals surface area contributed by atoms with Gasteiger partial charge in [-0.3, -0.25) is 0 Å². The Hall–Kier alpha value is -1.58. The standard InChI is InChI=1S/C16H16ClFO2/c1-20-12-8-5-11(6-9-12)7-10-15(19)13-3-2-4-14(17)16(13)18/h2-6,8-9,15,19H,7,10H2,1H3. The van der Waals surface area contributed by atoms with E-state index in [-0.39, 0.29) is 10.6 Å². The molecule has 0 aliphatic carbocycles. The summed E-state index contributed by atoms with van der Waals surface area (Å²) in [6.07, 6.45) is 0.219. The normalized spacial score (nSPS) is 12.2. The minimum atomic E-state index is -0.865. The van der Waals surface area contributed by atoms with Crippen molar-refractivity contribution in [2.75, 3.05) is 7.11 Å². The molecule has 0 aromatic heterocycles. The van der Waals surface area contributed by atoms with Crippen LogP contribution in [-0.4, -0.2) is 12.2 Å². The van der Waals surface area contributed by atoms with Gasteiger partial charge in [0.1, 0.15) is 11.6 Å². The third-order valence-electron chi connectivity index (χ3n) is 3.21. The Morgan fingerprint density at radius 2 is 1.90 bits per heavy atom. The maximum absolute atomic E-state index is 13.8. The lowest BCUT2D eigenvalue weighted by Gasteiger charge is -2.12. The van der Waals surface area contributed by atoms with Gasteiger partial charge in [-0.05, 0) is 36.6 Å². The molecule has 106 valence electrons. The van der Waals surface area contributed by atoms with E-state index in [2.05, 4.69) is 0 Å². The van der Waals surface area contributed by atoms with Crippen LogP contribution in [0.5, 0.6) is 5.75 Å². The summed E-state index contributed by atoms with van der Waals surface area (Å²) in [6, 6.07) is 12.2. The highest BCUT2D eigenvalue weighted by Gasteiger charge is 2.14. The van der Waals surface area contributed by atoms with Crippen molar-refractivity contribution in [2.45, 2.75) is 18.9 Å². The van der Waals surface area contributed by atoms with Gasteiger partial charge in [-0.1, -0.05) is 35.9 Å². The first-order valence-electron chi connectivity index (χ1n) is 6.36. The van der Waals surface area contributed by atoms with E-state index in [1.54, 1.807) is 19.2 Å². The number of halogens is 2. The molecule has 0 aliphatic heterocycles. The van der Waals surface area contributed by atoms with Crippen molar-refractivity contribution >= 4 is 11.6 Å². The summed E-state index contributed by atoms with van der Waals surface area (Å²) in [5.74, 6) is 0.242. The Kier molecular flexibility index (Phi) is 4.99. The van der Waals surface area contributed by atoms with Gasteiger partial charge in [0.15, 0.2) is 0 Å². The molecule has 0 radical (unpaired) electrons. The smallest absolute Gasteiger partial charge is 0.147 e. The molecule has 20 heavy (non-hydrogen) atoms. The van der Waals surface area contributed by atoms with Gasteiger partial charge in [0.2, 0.25) is 0 Å². The van der Waals surface area contributed by atoms with Crippen LogP contribution in [0.25, 0.3) is 0 Å². The van der Waals surface area contributed by atoms with Gasteiger partial charge in [0.25, 0.3) is 0 Å². The highest BCUT2D eigenvalue weighted by Crippen LogP contribution is 2.26. The number of hydrogen-bond acceptors (Lipinski definition) is 2. The second-order valence-corrected chi connectivity index (χ2v) is 4.95. The second kappa shape index (κ2) is 6.73. The molecule has 1 unspecified atom stereocenters. The predicted molar refractivity (Wildman–Crippen MR) is 77.7 cm³/mol. The van der Waals surface area contributed by atoms with Crippen molar-refractivity contribution in [1.82, 2.24) is 0 Å². The van der Waals surface area contributed by atoms with Crippen LogP contribution in [0.4, 0.5) is 4.39 Å². The molecule has 0 saturated carbocycles. The molecular weight excluding hydrogens is 279 g/mol. The van der Waals surface area contributed by atoms with Crippen LogP contribution in [0.3, 0.4) is 0 Å². The van der Waals surface area contributed by atoms with E-state index >= 15 is 0 Å². The van der Waals surface area contributed by atoms with Crippen LogP contribution >= 0.6 is 11.6 Å². The fourth-order valence-corrected chi connectivity index (χ4v) is 2.21. The maximum atomic E-state index is 13.8. The maximum Gasteiger partial charge on any atom is 0.147 e. The summed E-state index contributed by atoms with van der Waals surface area (Å²) < 4.78 is 18.8. The fourth-order valence-electron chi connectivity index (χ4n) is 2.03. The molecule has 2 aromatic carbocycles. The van der Waals surface area contributed by atoms with Gasteiger partial charge in [-0.15, -0.1) is 0 Å². The monoisotopic (exact) mass is 294 g/mol. The molecule has 2 nitrogen and oxygen atoms in total. The van der Waals surface area contributed by atoms with Gasteiger partial charge in [-0.25, -0.2) is 4.39 Å². The van der Waals surface area contributed by atoms with E-state index < -0.39 is 11.9 Å². The van der Waals surface area contributed by atoms with Crippen molar-refractivity contribution in [1.29, 1.82) is 0 Å². The Morgan fingerprint density at radius 3 is 2.55 bits per heavy atom. The van der Waals surface area contributed by atoms with E-state index in [1.165, 1.54) is 6.07 Å². The Labute approximate surface area is 122 Å². The average molecular weight is 295 g/mol. The van der Waals surface area contributed by atoms with E-state index in [9.17, 15) is 9.50 Å². The lowest BCUT2D eigenvalue weighted by molar-refractivity contribution is 0.163. The molecule has 1 N–H and O–H groups in total. The van der Waals surface area contributed by atoms with Crippen LogP contribution in [0, 0.1) is 5.82 Å². The molecule has 0 amide bonds. The van der Waals surface area contributed by atoms with E-state index in [1.807, 2.05) is 24.3 Å². The molecule has 4 heteroatoms. The van der Waals surface area contributed by atoms with E-state index in [0.29, 0.717) is 12.8 Å². The second-order valence-electron chi connectivity index (χ2n) is 4.55. The van der Waals surface area contributed by atoms with Crippen molar-refractivity contribution in [3.63, 3.8) is 0 Å². The number of rotatable bonds is 5. The van der Waals surface area contributed by atoms with Crippen molar-refractivity contribution < 1.29 is 14.2 Å². The number of ether oxygens (including phenoxy) is 1. The summed E-state index contributed by atoms with van der Waals surface area (Å²) >= 11 is 5.71. The van der Waals surface area contributed by atoms with Crippen LogP contribution in [0.2, 0.25) is 5.02 Å². The topological polar surface area (TPSA) is 29.5 Å². The van der Waals surface area contributed by atoms with Crippen LogP contribution < -0.4 is 4.74 Å². The van der Waals surface area contributed by atoms with E-state index in [0.717, 1.165) is 11.3 Å². The highest BCUT2D eigenvalue weighted by atomic mass is 35.5. The van der Waals surface area contributed by atoms with Gasteiger partial charge >= 0.3 is 0 Å². The molecule has 0 fully saturated rings. The molecule has 0 heterocycles. The van der Waals surface area contributed by atoms with Crippen LogP contribution in [-0.2, 0) is 6.42 Å². The fraction of sp³-hybridized carbons (Fsp3) is 0.250. The molecule has 0 saturated heterocycles. The SMILES string of the molecule is COc1ccc(CCC(O)c2cccc(Cl)c2F)cc1. The largest absolute Gasteiger partial charge is 0.497 e. The Bertz CT molecular complexity index is 569. The molecule has 0 bridgehead atoms. The van der Waals surface area contributed by atoms with Gasteiger partial charge < -0.3 is 9.84 Å². The van der Waals surface area contributed by atoms with E-state index in [4.69, 9.17) is 16.3 Å². The predicted octanol–water partition coefficient (Wildman–Crippen LogP) is 4.15. The third kappa shape index (κ3) is 3.50. The first kappa shape index (κ1) is 14.8. The Balaban J connectivity index is 2.00. The summed E-state index contributed by atoms with van der Waals surface area (Å²) in [5.41, 5.74) is 1.30. The van der Waals surface area contributed by atoms with Crippen LogP contribution in [0.1, 0.15) is 23.7 Å². The minimum Gasteiger partial charge on any atom is -0.497 e. The molecule has 0 aliphatic rings. The number of hydrogen-bond donors (Lipinski definition) is 1. The summed E-state index contributed by atoms with van der Waals surface area (Å²) in [5, 5.41) is 10.1. The highest BCUT2D eigenvalue weighted by molar-refractivity contribution is 6.30. The molecule has 1 atom stereocenters. The van der Waals surface area contributed by atoms with Gasteiger partial charge in [0, 0.05) is 5.56 Å². The zero-order chi connectivity index (χ0) is 14.5. The molecule has 0 spiro atoms. The minimum absolute atomic E-state index is 0.0333. The summed E-state index contributed by atoms with van der Waals surface area (Å²) in [4.78, 5) is 0. The Morgan fingerprint density at radius 1 is 1.20 bits per heavy atom. The van der Waals surface area contributed by atoms with Crippen LogP contribution in [0.15, 0.2) is 42.5 Å². The summed E-state index contributed by atoms with van der Waals surface area (Å²) in [7, 11) is 1.61. The summed E-state index contributed by atoms with van der Waals surface area (Å²) in [6.45, 7) is 0. The molecular formula is C16H16ClFO2. The number of benzene rings is 2. The van der Waals surface area contributed by atoms with Crippen molar-refractivity contribution in [3.8, 4) is 5.75 Å². The van der Waals surface area contributed by atoms with Gasteiger partial charge in [-0.2, -0.15) is 0 Å². The number of methoxy groups -OCH3 is 1. The third-order valence-corrected chi connectivity index (χ3v) is 3.50. The first-order chi connectivity index (χ1) is 9.61. The van der Waals surface area contributed by atoms with Crippen molar-refractivity contribution in [2.24, 2.45) is 0 Å². The zero-order valence-electron chi connectivity index (χ0n) is 11.1. The lowest BCUT2D eigenvalue weighted by atomic mass is 10.0. The number of aliphatic hydroxyl groups is 1. The molecule has 2 rings (SSSR count). The average Bonchev–Trinajstić information content (AvgIpc) is 2.48. The zero-order valence-corrected chi connectivity index (χ0v) is 11.9. The quantitative estimate of drug-likeness (QED) is 0.897. The lowest BCUT2D eigenvalue weighted by Crippen LogP contribution is -2.03. The van der Waals surface area contributed by atoms with Gasteiger partial charge in [0.05, 0.1) is 18.2 Å².